The molecule has 0 radical (unpaired) electrons. The third-order valence-electron chi connectivity index (χ3n) is 6.02. The van der Waals surface area contributed by atoms with Crippen LogP contribution in [0.3, 0.4) is 0 Å². The lowest BCUT2D eigenvalue weighted by atomic mass is 10.0. The summed E-state index contributed by atoms with van der Waals surface area (Å²) in [6, 6.07) is 24.5. The molecule has 6 heteroatoms. The van der Waals surface area contributed by atoms with E-state index in [0.29, 0.717) is 43.5 Å². The lowest BCUT2D eigenvalue weighted by Gasteiger charge is -2.32. The van der Waals surface area contributed by atoms with Crippen molar-refractivity contribution >= 4 is 23.4 Å². The van der Waals surface area contributed by atoms with Gasteiger partial charge in [-0.1, -0.05) is 85.6 Å². The molecule has 0 bridgehead atoms. The number of carbonyl (C=O) groups is 2. The van der Waals surface area contributed by atoms with Crippen LogP contribution in [0, 0.1) is 12.8 Å². The zero-order valence-corrected chi connectivity index (χ0v) is 22.7. The normalized spacial score (nSPS) is 11.7. The second-order valence-electron chi connectivity index (χ2n) is 9.76. The monoisotopic (exact) mass is 520 g/mol. The molecule has 0 fully saturated rings. The summed E-state index contributed by atoms with van der Waals surface area (Å²) in [6.45, 7) is 7.40. The first kappa shape index (κ1) is 28.3. The second-order valence-corrected chi connectivity index (χ2v) is 10.2. The molecule has 2 amide bonds. The van der Waals surface area contributed by atoms with E-state index in [2.05, 4.69) is 19.2 Å². The van der Waals surface area contributed by atoms with E-state index in [0.717, 1.165) is 16.9 Å². The summed E-state index contributed by atoms with van der Waals surface area (Å²) in [5.74, 6) is 0.845. The number of nitrogens with one attached hydrogen (secondary N) is 1. The highest BCUT2D eigenvalue weighted by Gasteiger charge is 2.30. The molecular weight excluding hydrogens is 484 g/mol. The first-order chi connectivity index (χ1) is 17.8. The smallest absolute Gasteiger partial charge is 0.243 e. The average molecular weight is 521 g/mol. The standard InChI is InChI=1S/C31H37ClN2O3/c1-23(2)21-33-31(36)29(20-25-9-5-4-6-10-25)34(22-26-11-7-12-27(32)19-26)30(35)13-8-18-37-28-16-14-24(3)15-17-28/h4-7,9-12,14-17,19,23,29H,8,13,18,20-22H2,1-3H3,(H,33,36). The van der Waals surface area contributed by atoms with Gasteiger partial charge in [-0.25, -0.2) is 0 Å². The van der Waals surface area contributed by atoms with Crippen molar-refractivity contribution in [2.45, 2.75) is 52.6 Å². The fraction of sp³-hybridized carbons (Fsp3) is 0.355. The number of hydrogen-bond donors (Lipinski definition) is 1. The molecular formula is C31H37ClN2O3. The van der Waals surface area contributed by atoms with E-state index < -0.39 is 6.04 Å². The topological polar surface area (TPSA) is 58.6 Å². The summed E-state index contributed by atoms with van der Waals surface area (Å²) in [6.07, 6.45) is 1.25. The first-order valence-corrected chi connectivity index (χ1v) is 13.2. The van der Waals surface area contributed by atoms with Gasteiger partial charge in [0.2, 0.25) is 11.8 Å². The SMILES string of the molecule is Cc1ccc(OCCCC(=O)N(Cc2cccc(Cl)c2)C(Cc2ccccc2)C(=O)NCC(C)C)cc1. The Morgan fingerprint density at radius 2 is 1.65 bits per heavy atom. The first-order valence-electron chi connectivity index (χ1n) is 12.9. The van der Waals surface area contributed by atoms with E-state index in [1.807, 2.05) is 79.7 Å². The van der Waals surface area contributed by atoms with Crippen LogP contribution >= 0.6 is 11.6 Å². The van der Waals surface area contributed by atoms with Crippen molar-refractivity contribution in [3.63, 3.8) is 0 Å². The Kier molecular flexibility index (Phi) is 11.0. The van der Waals surface area contributed by atoms with Gasteiger partial charge in [0, 0.05) is 31.0 Å². The minimum absolute atomic E-state index is 0.0897. The van der Waals surface area contributed by atoms with Crippen LogP contribution in [0.1, 0.15) is 43.4 Å². The molecule has 3 rings (SSSR count). The number of benzene rings is 3. The molecule has 0 saturated carbocycles. The average Bonchev–Trinajstić information content (AvgIpc) is 2.88. The number of rotatable bonds is 13. The molecule has 0 aliphatic heterocycles. The van der Waals surface area contributed by atoms with Crippen LogP contribution in [-0.2, 0) is 22.6 Å². The van der Waals surface area contributed by atoms with Gasteiger partial charge < -0.3 is 15.0 Å². The summed E-state index contributed by atoms with van der Waals surface area (Å²) < 4.78 is 5.83. The quantitative estimate of drug-likeness (QED) is 0.272. The number of amides is 2. The van der Waals surface area contributed by atoms with Crippen molar-refractivity contribution in [2.75, 3.05) is 13.2 Å². The van der Waals surface area contributed by atoms with Crippen molar-refractivity contribution in [3.05, 3.63) is 101 Å². The Labute approximate surface area is 225 Å². The Hall–Kier alpha value is -3.31. The maximum absolute atomic E-state index is 13.6. The number of carbonyl (C=O) groups excluding carboxylic acids is 2. The maximum Gasteiger partial charge on any atom is 0.243 e. The van der Waals surface area contributed by atoms with E-state index in [4.69, 9.17) is 16.3 Å². The molecule has 3 aromatic rings. The number of nitrogens with zero attached hydrogens (tertiary/aromatic N) is 1. The molecule has 3 aromatic carbocycles. The number of ether oxygens (including phenoxy) is 1. The Bertz CT molecular complexity index is 1130. The van der Waals surface area contributed by atoms with Gasteiger partial charge in [0.15, 0.2) is 0 Å². The van der Waals surface area contributed by atoms with Crippen molar-refractivity contribution < 1.29 is 14.3 Å². The molecule has 196 valence electrons. The van der Waals surface area contributed by atoms with Gasteiger partial charge in [0.1, 0.15) is 11.8 Å². The molecule has 1 unspecified atom stereocenters. The van der Waals surface area contributed by atoms with Crippen molar-refractivity contribution in [1.29, 1.82) is 0 Å². The van der Waals surface area contributed by atoms with Crippen LogP contribution in [-0.4, -0.2) is 35.9 Å². The fourth-order valence-corrected chi connectivity index (χ4v) is 4.21. The highest BCUT2D eigenvalue weighted by Crippen LogP contribution is 2.19. The summed E-state index contributed by atoms with van der Waals surface area (Å²) >= 11 is 6.24. The maximum atomic E-state index is 13.6. The Morgan fingerprint density at radius 3 is 2.32 bits per heavy atom. The Morgan fingerprint density at radius 1 is 0.946 bits per heavy atom. The third kappa shape index (κ3) is 9.58. The highest BCUT2D eigenvalue weighted by molar-refractivity contribution is 6.30. The fourth-order valence-electron chi connectivity index (χ4n) is 4.00. The number of halogens is 1. The van der Waals surface area contributed by atoms with E-state index in [-0.39, 0.29) is 18.2 Å². The van der Waals surface area contributed by atoms with Crippen LogP contribution < -0.4 is 10.1 Å². The minimum Gasteiger partial charge on any atom is -0.494 e. The molecule has 0 saturated heterocycles. The third-order valence-corrected chi connectivity index (χ3v) is 6.26. The second kappa shape index (κ2) is 14.4. The van der Waals surface area contributed by atoms with Crippen molar-refractivity contribution in [3.8, 4) is 5.75 Å². The molecule has 1 N–H and O–H groups in total. The number of aryl methyl sites for hydroxylation is 1. The van der Waals surface area contributed by atoms with Gasteiger partial charge in [-0.3, -0.25) is 9.59 Å². The molecule has 0 heterocycles. The van der Waals surface area contributed by atoms with Gasteiger partial charge >= 0.3 is 0 Å². The zero-order chi connectivity index (χ0) is 26.6. The van der Waals surface area contributed by atoms with Gasteiger partial charge in [-0.15, -0.1) is 0 Å². The van der Waals surface area contributed by atoms with Gasteiger partial charge in [-0.05, 0) is 54.7 Å². The van der Waals surface area contributed by atoms with Crippen molar-refractivity contribution in [1.82, 2.24) is 10.2 Å². The predicted octanol–water partition coefficient (Wildman–Crippen LogP) is 6.22. The molecule has 0 aromatic heterocycles. The summed E-state index contributed by atoms with van der Waals surface area (Å²) in [7, 11) is 0. The molecule has 0 aliphatic rings. The highest BCUT2D eigenvalue weighted by atomic mass is 35.5. The lowest BCUT2D eigenvalue weighted by Crippen LogP contribution is -2.51. The van der Waals surface area contributed by atoms with E-state index in [1.165, 1.54) is 5.56 Å². The van der Waals surface area contributed by atoms with Crippen LogP contribution in [0.15, 0.2) is 78.9 Å². The van der Waals surface area contributed by atoms with E-state index in [9.17, 15) is 9.59 Å². The molecule has 0 aliphatic carbocycles. The molecule has 37 heavy (non-hydrogen) atoms. The summed E-state index contributed by atoms with van der Waals surface area (Å²) in [5.41, 5.74) is 3.05. The van der Waals surface area contributed by atoms with E-state index >= 15 is 0 Å². The van der Waals surface area contributed by atoms with Crippen LogP contribution in [0.25, 0.3) is 0 Å². The molecule has 1 atom stereocenters. The van der Waals surface area contributed by atoms with Gasteiger partial charge in [0.25, 0.3) is 0 Å². The van der Waals surface area contributed by atoms with Crippen LogP contribution in [0.5, 0.6) is 5.75 Å². The lowest BCUT2D eigenvalue weighted by molar-refractivity contribution is -0.141. The molecule has 5 nitrogen and oxygen atoms in total. The largest absolute Gasteiger partial charge is 0.494 e. The summed E-state index contributed by atoms with van der Waals surface area (Å²) in [5, 5.41) is 3.64. The molecule has 0 spiro atoms. The zero-order valence-electron chi connectivity index (χ0n) is 22.0. The van der Waals surface area contributed by atoms with Gasteiger partial charge in [-0.2, -0.15) is 0 Å². The van der Waals surface area contributed by atoms with Gasteiger partial charge in [0.05, 0.1) is 6.61 Å². The van der Waals surface area contributed by atoms with Crippen LogP contribution in [0.2, 0.25) is 5.02 Å². The summed E-state index contributed by atoms with van der Waals surface area (Å²) in [4.78, 5) is 28.8. The van der Waals surface area contributed by atoms with E-state index in [1.54, 1.807) is 11.0 Å². The number of hydrogen-bond acceptors (Lipinski definition) is 3. The minimum atomic E-state index is -0.648. The van der Waals surface area contributed by atoms with Crippen LogP contribution in [0.4, 0.5) is 0 Å². The predicted molar refractivity (Wildman–Crippen MR) is 150 cm³/mol. The Balaban J connectivity index is 1.78. The van der Waals surface area contributed by atoms with Crippen molar-refractivity contribution in [2.24, 2.45) is 5.92 Å².